The summed E-state index contributed by atoms with van der Waals surface area (Å²) in [6, 6.07) is 19.3. The number of nitrogens with one attached hydrogen (secondary N) is 2. The van der Waals surface area contributed by atoms with Crippen molar-refractivity contribution in [1.82, 2.24) is 10.6 Å². The van der Waals surface area contributed by atoms with Crippen molar-refractivity contribution >= 4 is 17.1 Å². The van der Waals surface area contributed by atoms with Crippen LogP contribution in [-0.2, 0) is 6.54 Å². The molecule has 35 heavy (non-hydrogen) atoms. The van der Waals surface area contributed by atoms with Crippen molar-refractivity contribution in [3.05, 3.63) is 76.2 Å². The molecule has 2 aromatic carbocycles. The number of Topliss-reactive ketones (excluding diaryl/α,β-unsaturated/α-hetero) is 1. The molecule has 4 rings (SSSR count). The number of hydrogen-bond acceptors (Lipinski definition) is 5. The number of carbonyl (C=O) groups excluding carboxylic acids is 1. The lowest BCUT2D eigenvalue weighted by molar-refractivity contribution is 0.0977. The van der Waals surface area contributed by atoms with Gasteiger partial charge >= 0.3 is 0 Å². The lowest BCUT2D eigenvalue weighted by Gasteiger charge is -2.24. The Bertz CT molecular complexity index is 1120. The zero-order chi connectivity index (χ0) is 24.6. The van der Waals surface area contributed by atoms with Gasteiger partial charge in [0.05, 0.1) is 0 Å². The first-order valence-electron chi connectivity index (χ1n) is 12.9. The SMILES string of the molecule is CNCc1ccc(-c2cccc([C@@H](C)CCCC(=O)c3cc(OC4CCNCC4)ccc3C)c2)s1. The maximum atomic E-state index is 13.1. The fourth-order valence-corrected chi connectivity index (χ4v) is 5.77. The van der Waals surface area contributed by atoms with Gasteiger partial charge in [0.15, 0.2) is 5.78 Å². The molecule has 0 radical (unpaired) electrons. The van der Waals surface area contributed by atoms with Crippen LogP contribution in [0.15, 0.2) is 54.6 Å². The normalized spacial score (nSPS) is 15.2. The number of thiophene rings is 1. The first-order valence-corrected chi connectivity index (χ1v) is 13.7. The van der Waals surface area contributed by atoms with E-state index >= 15 is 0 Å². The lowest BCUT2D eigenvalue weighted by atomic mass is 9.92. The maximum absolute atomic E-state index is 13.1. The van der Waals surface area contributed by atoms with Crippen molar-refractivity contribution in [2.24, 2.45) is 0 Å². The van der Waals surface area contributed by atoms with Crippen LogP contribution in [0.1, 0.15) is 71.3 Å². The van der Waals surface area contributed by atoms with Crippen LogP contribution in [0.5, 0.6) is 5.75 Å². The van der Waals surface area contributed by atoms with E-state index in [0.29, 0.717) is 12.3 Å². The van der Waals surface area contributed by atoms with Crippen LogP contribution < -0.4 is 15.4 Å². The van der Waals surface area contributed by atoms with E-state index < -0.39 is 0 Å². The predicted molar refractivity (Wildman–Crippen MR) is 147 cm³/mol. The van der Waals surface area contributed by atoms with Gasteiger partial charge in [-0.05, 0) is 99.6 Å². The first-order chi connectivity index (χ1) is 17.0. The molecule has 5 heteroatoms. The van der Waals surface area contributed by atoms with Crippen molar-refractivity contribution in [3.63, 3.8) is 0 Å². The van der Waals surface area contributed by atoms with Gasteiger partial charge in [0.25, 0.3) is 0 Å². The Morgan fingerprint density at radius 3 is 2.77 bits per heavy atom. The van der Waals surface area contributed by atoms with Crippen molar-refractivity contribution < 1.29 is 9.53 Å². The second-order valence-corrected chi connectivity index (χ2v) is 10.9. The minimum atomic E-state index is 0.217. The van der Waals surface area contributed by atoms with Gasteiger partial charge in [-0.3, -0.25) is 4.79 Å². The summed E-state index contributed by atoms with van der Waals surface area (Å²) in [7, 11) is 1.98. The lowest BCUT2D eigenvalue weighted by Crippen LogP contribution is -2.34. The number of aryl methyl sites for hydroxylation is 1. The summed E-state index contributed by atoms with van der Waals surface area (Å²) >= 11 is 1.84. The van der Waals surface area contributed by atoms with Crippen LogP contribution in [0, 0.1) is 6.92 Å². The number of piperidine rings is 1. The Hall–Kier alpha value is -2.47. The Kier molecular flexibility index (Phi) is 9.13. The third kappa shape index (κ3) is 7.03. The molecule has 1 aliphatic rings. The van der Waals surface area contributed by atoms with Crippen molar-refractivity contribution in [2.45, 2.75) is 64.5 Å². The van der Waals surface area contributed by atoms with E-state index in [1.165, 1.54) is 20.9 Å². The second-order valence-electron chi connectivity index (χ2n) is 9.68. The molecule has 3 aromatic rings. The minimum Gasteiger partial charge on any atom is -0.490 e. The predicted octanol–water partition coefficient (Wildman–Crippen LogP) is 6.73. The van der Waals surface area contributed by atoms with Gasteiger partial charge in [0.2, 0.25) is 0 Å². The van der Waals surface area contributed by atoms with Gasteiger partial charge in [-0.25, -0.2) is 0 Å². The first kappa shape index (κ1) is 25.6. The Morgan fingerprint density at radius 1 is 1.14 bits per heavy atom. The summed E-state index contributed by atoms with van der Waals surface area (Å²) in [6.07, 6.45) is 4.71. The van der Waals surface area contributed by atoms with Gasteiger partial charge in [-0.1, -0.05) is 37.3 Å². The highest BCUT2D eigenvalue weighted by atomic mass is 32.1. The number of hydrogen-bond donors (Lipinski definition) is 2. The zero-order valence-electron chi connectivity index (χ0n) is 21.2. The molecule has 1 atom stereocenters. The standard InChI is InChI=1S/C30H38N2O2S/c1-21(23-7-5-8-24(18-23)30-13-12-27(35-30)20-31-3)6-4-9-29(33)28-19-26(11-10-22(28)2)34-25-14-16-32-17-15-25/h5,7-8,10-13,18-19,21,25,31-32H,4,6,9,14-17,20H2,1-3H3/t21-/m0/s1. The topological polar surface area (TPSA) is 50.4 Å². The molecule has 2 N–H and O–H groups in total. The summed E-state index contributed by atoms with van der Waals surface area (Å²) in [5.74, 6) is 1.45. The summed E-state index contributed by atoms with van der Waals surface area (Å²) < 4.78 is 6.17. The minimum absolute atomic E-state index is 0.217. The number of rotatable bonds is 11. The molecule has 2 heterocycles. The monoisotopic (exact) mass is 490 g/mol. The van der Waals surface area contributed by atoms with Crippen LogP contribution in [0.3, 0.4) is 0 Å². The van der Waals surface area contributed by atoms with E-state index in [1.807, 2.05) is 43.5 Å². The smallest absolute Gasteiger partial charge is 0.163 e. The van der Waals surface area contributed by atoms with Gasteiger partial charge < -0.3 is 15.4 Å². The summed E-state index contributed by atoms with van der Waals surface area (Å²) in [5.41, 5.74) is 4.45. The van der Waals surface area contributed by atoms with Crippen LogP contribution >= 0.6 is 11.3 Å². The molecule has 186 valence electrons. The third-order valence-electron chi connectivity index (χ3n) is 6.89. The Labute approximate surface area is 214 Å². The molecule has 0 amide bonds. The van der Waals surface area contributed by atoms with Gasteiger partial charge in [0.1, 0.15) is 11.9 Å². The number of ether oxygens (including phenoxy) is 1. The van der Waals surface area contributed by atoms with E-state index in [2.05, 4.69) is 54.0 Å². The molecule has 1 saturated heterocycles. The van der Waals surface area contributed by atoms with Gasteiger partial charge in [-0.15, -0.1) is 11.3 Å². The van der Waals surface area contributed by atoms with Crippen molar-refractivity contribution in [2.75, 3.05) is 20.1 Å². The molecule has 4 nitrogen and oxygen atoms in total. The highest BCUT2D eigenvalue weighted by Gasteiger charge is 2.17. The second kappa shape index (κ2) is 12.5. The summed E-state index contributed by atoms with van der Waals surface area (Å²) in [5, 5.41) is 6.58. The Balaban J connectivity index is 1.32. The fourth-order valence-electron chi connectivity index (χ4n) is 4.75. The third-order valence-corrected chi connectivity index (χ3v) is 8.03. The molecular weight excluding hydrogens is 452 g/mol. The van der Waals surface area contributed by atoms with Crippen LogP contribution in [0.4, 0.5) is 0 Å². The molecule has 1 aliphatic heterocycles. The van der Waals surface area contributed by atoms with Gasteiger partial charge in [0, 0.05) is 28.3 Å². The number of benzene rings is 2. The molecule has 1 fully saturated rings. The summed E-state index contributed by atoms with van der Waals surface area (Å²) in [6.45, 7) is 7.18. The molecule has 0 spiro atoms. The molecule has 0 aliphatic carbocycles. The van der Waals surface area contributed by atoms with Crippen LogP contribution in [-0.4, -0.2) is 32.0 Å². The zero-order valence-corrected chi connectivity index (χ0v) is 22.0. The molecular formula is C30H38N2O2S. The molecule has 1 aromatic heterocycles. The van der Waals surface area contributed by atoms with Gasteiger partial charge in [-0.2, -0.15) is 0 Å². The maximum Gasteiger partial charge on any atom is 0.163 e. The highest BCUT2D eigenvalue weighted by molar-refractivity contribution is 7.15. The summed E-state index contributed by atoms with van der Waals surface area (Å²) in [4.78, 5) is 15.7. The molecule has 0 bridgehead atoms. The molecule has 0 unspecified atom stereocenters. The van der Waals surface area contributed by atoms with Crippen LogP contribution in [0.25, 0.3) is 10.4 Å². The van der Waals surface area contributed by atoms with E-state index in [9.17, 15) is 4.79 Å². The van der Waals surface area contributed by atoms with Crippen molar-refractivity contribution in [1.29, 1.82) is 0 Å². The Morgan fingerprint density at radius 2 is 1.97 bits per heavy atom. The average Bonchev–Trinajstić information content (AvgIpc) is 3.35. The average molecular weight is 491 g/mol. The molecule has 0 saturated carbocycles. The van der Waals surface area contributed by atoms with E-state index in [0.717, 1.165) is 62.2 Å². The van der Waals surface area contributed by atoms with Crippen LogP contribution in [0.2, 0.25) is 0 Å². The number of ketones is 1. The van der Waals surface area contributed by atoms with Crippen molar-refractivity contribution in [3.8, 4) is 16.2 Å². The number of carbonyl (C=O) groups is 1. The van der Waals surface area contributed by atoms with E-state index in [1.54, 1.807) is 0 Å². The fraction of sp³-hybridized carbons (Fsp3) is 0.433. The largest absolute Gasteiger partial charge is 0.490 e. The van der Waals surface area contributed by atoms with E-state index in [-0.39, 0.29) is 11.9 Å². The quantitative estimate of drug-likeness (QED) is 0.293. The highest BCUT2D eigenvalue weighted by Crippen LogP contribution is 2.32. The van der Waals surface area contributed by atoms with E-state index in [4.69, 9.17) is 4.74 Å².